The first-order valence-corrected chi connectivity index (χ1v) is 8.06. The van der Waals surface area contributed by atoms with E-state index in [0.717, 1.165) is 17.1 Å². The van der Waals surface area contributed by atoms with Crippen molar-refractivity contribution in [1.82, 2.24) is 15.2 Å². The van der Waals surface area contributed by atoms with Crippen LogP contribution in [0.15, 0.2) is 48.8 Å². The lowest BCUT2D eigenvalue weighted by molar-refractivity contribution is 0.0675. The van der Waals surface area contributed by atoms with Crippen LogP contribution in [0.25, 0.3) is 0 Å². The second-order valence-electron chi connectivity index (χ2n) is 5.56. The van der Waals surface area contributed by atoms with Crippen molar-refractivity contribution < 1.29 is 14.3 Å². The number of urea groups is 1. The molecule has 3 rings (SSSR count). The van der Waals surface area contributed by atoms with Crippen molar-refractivity contribution in [2.45, 2.75) is 19.6 Å². The van der Waals surface area contributed by atoms with Crippen LogP contribution in [0.5, 0.6) is 11.5 Å². The Kier molecular flexibility index (Phi) is 5.15. The number of aromatic nitrogens is 1. The van der Waals surface area contributed by atoms with Crippen molar-refractivity contribution in [3.05, 3.63) is 54.4 Å². The number of nitrogens with zero attached hydrogens (tertiary/aromatic N) is 2. The van der Waals surface area contributed by atoms with Crippen LogP contribution in [0, 0.1) is 0 Å². The number of fused-ring (bicyclic) bond motifs is 1. The molecule has 1 aliphatic rings. The molecule has 2 heterocycles. The van der Waals surface area contributed by atoms with Gasteiger partial charge in [0.25, 0.3) is 0 Å². The maximum atomic E-state index is 12.4. The summed E-state index contributed by atoms with van der Waals surface area (Å²) in [5.74, 6) is 1.47. The Labute approximate surface area is 141 Å². The van der Waals surface area contributed by atoms with E-state index >= 15 is 0 Å². The third kappa shape index (κ3) is 3.95. The van der Waals surface area contributed by atoms with Crippen molar-refractivity contribution in [2.75, 3.05) is 19.7 Å². The van der Waals surface area contributed by atoms with Gasteiger partial charge in [-0.05, 0) is 30.7 Å². The van der Waals surface area contributed by atoms with Crippen LogP contribution in [0.3, 0.4) is 0 Å². The van der Waals surface area contributed by atoms with Crippen LogP contribution in [0.1, 0.15) is 12.5 Å². The Bertz CT molecular complexity index is 678. The predicted molar refractivity (Wildman–Crippen MR) is 90.1 cm³/mol. The zero-order valence-corrected chi connectivity index (χ0v) is 13.6. The van der Waals surface area contributed by atoms with Gasteiger partial charge in [0.15, 0.2) is 17.6 Å². The monoisotopic (exact) mass is 327 g/mol. The van der Waals surface area contributed by atoms with E-state index < -0.39 is 0 Å². The minimum atomic E-state index is -0.177. The second kappa shape index (κ2) is 7.68. The Morgan fingerprint density at radius 1 is 1.29 bits per heavy atom. The third-order valence-electron chi connectivity index (χ3n) is 3.83. The number of para-hydroxylation sites is 2. The van der Waals surface area contributed by atoms with E-state index in [1.165, 1.54) is 0 Å². The van der Waals surface area contributed by atoms with Gasteiger partial charge < -0.3 is 19.7 Å². The molecule has 126 valence electrons. The summed E-state index contributed by atoms with van der Waals surface area (Å²) in [7, 11) is 0. The van der Waals surface area contributed by atoms with Gasteiger partial charge in [0.2, 0.25) is 0 Å². The van der Waals surface area contributed by atoms with Gasteiger partial charge in [0.1, 0.15) is 6.61 Å². The Morgan fingerprint density at radius 2 is 2.12 bits per heavy atom. The lowest BCUT2D eigenvalue weighted by Gasteiger charge is -2.30. The minimum absolute atomic E-state index is 0.121. The zero-order chi connectivity index (χ0) is 16.8. The first-order valence-electron chi connectivity index (χ1n) is 8.06. The molecule has 6 nitrogen and oxygen atoms in total. The van der Waals surface area contributed by atoms with Gasteiger partial charge in [0, 0.05) is 25.5 Å². The molecule has 0 radical (unpaired) electrons. The largest absolute Gasteiger partial charge is 0.486 e. The summed E-state index contributed by atoms with van der Waals surface area (Å²) >= 11 is 0. The van der Waals surface area contributed by atoms with Gasteiger partial charge in [-0.15, -0.1) is 0 Å². The fourth-order valence-corrected chi connectivity index (χ4v) is 2.55. The van der Waals surface area contributed by atoms with E-state index in [1.54, 1.807) is 17.3 Å². The van der Waals surface area contributed by atoms with E-state index in [2.05, 4.69) is 10.3 Å². The van der Waals surface area contributed by atoms with Gasteiger partial charge in [0.05, 0.1) is 6.54 Å². The molecule has 0 saturated heterocycles. The summed E-state index contributed by atoms with van der Waals surface area (Å²) in [6, 6.07) is 11.2. The van der Waals surface area contributed by atoms with Crippen LogP contribution < -0.4 is 14.8 Å². The molecule has 0 saturated carbocycles. The molecule has 1 unspecified atom stereocenters. The zero-order valence-electron chi connectivity index (χ0n) is 13.6. The van der Waals surface area contributed by atoms with Crippen LogP contribution in [0.4, 0.5) is 4.79 Å². The molecule has 6 heteroatoms. The van der Waals surface area contributed by atoms with E-state index in [9.17, 15) is 4.79 Å². The lowest BCUT2D eigenvalue weighted by Crippen LogP contribution is -2.47. The average Bonchev–Trinajstić information content (AvgIpc) is 2.65. The molecule has 1 aromatic heterocycles. The van der Waals surface area contributed by atoms with E-state index in [1.807, 2.05) is 43.3 Å². The number of likely N-dealkylation sites (N-methyl/N-ethyl adjacent to an activating group) is 1. The number of hydrogen-bond donors (Lipinski definition) is 1. The standard InChI is InChI=1S/C18H21N3O3/c1-2-21(18(22)20-11-14-6-5-9-19-10-14)12-15-13-23-16-7-3-4-8-17(16)24-15/h3-10,15H,2,11-13H2,1H3,(H,20,22). The molecule has 1 N–H and O–H groups in total. The summed E-state index contributed by atoms with van der Waals surface area (Å²) in [5, 5.41) is 2.91. The van der Waals surface area contributed by atoms with Crippen molar-refractivity contribution in [3.8, 4) is 11.5 Å². The maximum Gasteiger partial charge on any atom is 0.317 e. The predicted octanol–water partition coefficient (Wildman–Crippen LogP) is 2.45. The molecule has 0 fully saturated rings. The molecular formula is C18H21N3O3. The highest BCUT2D eigenvalue weighted by molar-refractivity contribution is 5.74. The van der Waals surface area contributed by atoms with Gasteiger partial charge in [-0.3, -0.25) is 4.98 Å². The van der Waals surface area contributed by atoms with Crippen LogP contribution >= 0.6 is 0 Å². The highest BCUT2D eigenvalue weighted by atomic mass is 16.6. The fraction of sp³-hybridized carbons (Fsp3) is 0.333. The van der Waals surface area contributed by atoms with E-state index in [-0.39, 0.29) is 12.1 Å². The number of ether oxygens (including phenoxy) is 2. The minimum Gasteiger partial charge on any atom is -0.486 e. The molecule has 24 heavy (non-hydrogen) atoms. The molecule has 0 bridgehead atoms. The SMILES string of the molecule is CCN(CC1COc2ccccc2O1)C(=O)NCc1cccnc1. The van der Waals surface area contributed by atoms with Crippen molar-refractivity contribution in [2.24, 2.45) is 0 Å². The highest BCUT2D eigenvalue weighted by Crippen LogP contribution is 2.30. The smallest absolute Gasteiger partial charge is 0.317 e. The highest BCUT2D eigenvalue weighted by Gasteiger charge is 2.24. The molecular weight excluding hydrogens is 306 g/mol. The second-order valence-corrected chi connectivity index (χ2v) is 5.56. The molecule has 0 aliphatic carbocycles. The first kappa shape index (κ1) is 16.1. The molecule has 1 atom stereocenters. The molecule has 2 amide bonds. The summed E-state index contributed by atoms with van der Waals surface area (Å²) in [5.41, 5.74) is 0.966. The third-order valence-corrected chi connectivity index (χ3v) is 3.83. The summed E-state index contributed by atoms with van der Waals surface area (Å²) in [4.78, 5) is 18.1. The number of carbonyl (C=O) groups is 1. The summed E-state index contributed by atoms with van der Waals surface area (Å²) in [6.45, 7) is 3.91. The fourth-order valence-electron chi connectivity index (χ4n) is 2.55. The molecule has 0 spiro atoms. The number of benzene rings is 1. The van der Waals surface area contributed by atoms with Crippen LogP contribution in [-0.4, -0.2) is 41.7 Å². The quantitative estimate of drug-likeness (QED) is 0.916. The number of pyridine rings is 1. The normalized spacial score (nSPS) is 15.6. The van der Waals surface area contributed by atoms with Crippen molar-refractivity contribution in [1.29, 1.82) is 0 Å². The Balaban J connectivity index is 1.54. The van der Waals surface area contributed by atoms with Crippen molar-refractivity contribution in [3.63, 3.8) is 0 Å². The number of hydrogen-bond acceptors (Lipinski definition) is 4. The van der Waals surface area contributed by atoms with E-state index in [4.69, 9.17) is 9.47 Å². The molecule has 1 aliphatic heterocycles. The van der Waals surface area contributed by atoms with Gasteiger partial charge in [-0.1, -0.05) is 18.2 Å². The number of carbonyl (C=O) groups excluding carboxylic acids is 1. The molecule has 1 aromatic carbocycles. The lowest BCUT2D eigenvalue weighted by atomic mass is 10.2. The topological polar surface area (TPSA) is 63.7 Å². The number of rotatable bonds is 5. The molecule has 2 aromatic rings. The number of nitrogens with one attached hydrogen (secondary N) is 1. The van der Waals surface area contributed by atoms with E-state index in [0.29, 0.717) is 26.2 Å². The van der Waals surface area contributed by atoms with Crippen molar-refractivity contribution >= 4 is 6.03 Å². The first-order chi connectivity index (χ1) is 11.8. The van der Waals surface area contributed by atoms with Crippen LogP contribution in [0.2, 0.25) is 0 Å². The summed E-state index contributed by atoms with van der Waals surface area (Å²) < 4.78 is 11.6. The maximum absolute atomic E-state index is 12.4. The van der Waals surface area contributed by atoms with Gasteiger partial charge in [-0.25, -0.2) is 4.79 Å². The van der Waals surface area contributed by atoms with Gasteiger partial charge >= 0.3 is 6.03 Å². The average molecular weight is 327 g/mol. The van der Waals surface area contributed by atoms with Gasteiger partial charge in [-0.2, -0.15) is 0 Å². The Morgan fingerprint density at radius 3 is 2.88 bits per heavy atom. The Hall–Kier alpha value is -2.76. The van der Waals surface area contributed by atoms with Crippen LogP contribution in [-0.2, 0) is 6.54 Å². The number of amides is 2. The summed E-state index contributed by atoms with van der Waals surface area (Å²) in [6.07, 6.45) is 3.28.